The van der Waals surface area contributed by atoms with Crippen LogP contribution in [-0.2, 0) is 22.5 Å². The second-order valence-electron chi connectivity index (χ2n) is 7.57. The number of ether oxygens (including phenoxy) is 2. The maximum Gasteiger partial charge on any atom is 0.310 e. The predicted molar refractivity (Wildman–Crippen MR) is 117 cm³/mol. The van der Waals surface area contributed by atoms with Gasteiger partial charge in [-0.1, -0.05) is 24.3 Å². The van der Waals surface area contributed by atoms with Crippen molar-refractivity contribution in [2.24, 2.45) is 0 Å². The fourth-order valence-corrected chi connectivity index (χ4v) is 4.25. The number of halogens is 2. The van der Waals surface area contributed by atoms with Gasteiger partial charge in [-0.2, -0.15) is 0 Å². The van der Waals surface area contributed by atoms with E-state index in [1.165, 1.54) is 0 Å². The van der Waals surface area contributed by atoms with Gasteiger partial charge < -0.3 is 9.47 Å². The van der Waals surface area contributed by atoms with Gasteiger partial charge in [0.05, 0.1) is 31.7 Å². The summed E-state index contributed by atoms with van der Waals surface area (Å²) in [7, 11) is 0. The van der Waals surface area contributed by atoms with Crippen LogP contribution in [0.1, 0.15) is 40.9 Å². The molecule has 32 heavy (non-hydrogen) atoms. The molecule has 0 unspecified atom stereocenters. The number of amides is 1. The molecule has 0 atom stereocenters. The smallest absolute Gasteiger partial charge is 0.310 e. The van der Waals surface area contributed by atoms with Gasteiger partial charge in [-0.15, -0.1) is 0 Å². The topological polar surface area (TPSA) is 55.8 Å². The number of hydrogen-bond donors (Lipinski definition) is 0. The summed E-state index contributed by atoms with van der Waals surface area (Å²) in [5.74, 6) is -2.49. The number of carbonyl (C=O) groups excluding carboxylic acids is 2. The molecule has 1 aliphatic rings. The third kappa shape index (κ3) is 3.57. The number of hydrogen-bond acceptors (Lipinski definition) is 4. The van der Waals surface area contributed by atoms with Gasteiger partial charge in [-0.25, -0.2) is 8.78 Å². The Morgan fingerprint density at radius 3 is 2.34 bits per heavy atom. The molecule has 0 aliphatic carbocycles. The second kappa shape index (κ2) is 8.57. The van der Waals surface area contributed by atoms with Crippen molar-refractivity contribution in [3.8, 4) is 5.75 Å². The standard InChI is InChI=1S/C25H23F2NO4/c1-4-31-21(29)12-15-10-19(26)23(20(27)11-15)28-13-18-14(3)16-8-6-7-9-17(16)24(32-5-2)22(18)25(28)30/h6-11H,4-5,12-13H2,1-3H3. The summed E-state index contributed by atoms with van der Waals surface area (Å²) in [6, 6.07) is 9.70. The normalized spacial score (nSPS) is 12.9. The van der Waals surface area contributed by atoms with Crippen molar-refractivity contribution in [2.45, 2.75) is 33.7 Å². The van der Waals surface area contributed by atoms with Crippen molar-refractivity contribution in [3.05, 3.63) is 70.3 Å². The van der Waals surface area contributed by atoms with Crippen LogP contribution in [0.3, 0.4) is 0 Å². The lowest BCUT2D eigenvalue weighted by Crippen LogP contribution is -2.26. The number of aryl methyl sites for hydroxylation is 1. The molecule has 1 heterocycles. The fraction of sp³-hybridized carbons (Fsp3) is 0.280. The molecular weight excluding hydrogens is 416 g/mol. The Labute approximate surface area is 184 Å². The van der Waals surface area contributed by atoms with Crippen molar-refractivity contribution in [1.82, 2.24) is 0 Å². The van der Waals surface area contributed by atoms with E-state index < -0.39 is 29.2 Å². The lowest BCUT2D eigenvalue weighted by Gasteiger charge is -2.18. The van der Waals surface area contributed by atoms with E-state index in [9.17, 15) is 9.59 Å². The van der Waals surface area contributed by atoms with E-state index in [0.717, 1.165) is 33.4 Å². The van der Waals surface area contributed by atoms with E-state index in [2.05, 4.69) is 0 Å². The van der Waals surface area contributed by atoms with Crippen LogP contribution in [0.4, 0.5) is 14.5 Å². The minimum atomic E-state index is -0.911. The third-order valence-corrected chi connectivity index (χ3v) is 5.62. The van der Waals surface area contributed by atoms with Gasteiger partial charge in [0, 0.05) is 5.39 Å². The number of carbonyl (C=O) groups is 2. The number of fused-ring (bicyclic) bond motifs is 2. The Bertz CT molecular complexity index is 1220. The molecule has 0 fully saturated rings. The van der Waals surface area contributed by atoms with Crippen LogP contribution in [0, 0.1) is 18.6 Å². The number of esters is 1. The quantitative estimate of drug-likeness (QED) is 0.502. The van der Waals surface area contributed by atoms with Gasteiger partial charge in [0.2, 0.25) is 0 Å². The maximum atomic E-state index is 15.0. The van der Waals surface area contributed by atoms with Gasteiger partial charge in [0.25, 0.3) is 5.91 Å². The summed E-state index contributed by atoms with van der Waals surface area (Å²) >= 11 is 0. The molecular formula is C25H23F2NO4. The lowest BCUT2D eigenvalue weighted by atomic mass is 9.95. The molecule has 1 amide bonds. The molecule has 5 nitrogen and oxygen atoms in total. The molecule has 0 bridgehead atoms. The van der Waals surface area contributed by atoms with E-state index in [4.69, 9.17) is 9.47 Å². The van der Waals surface area contributed by atoms with Crippen LogP contribution in [0.25, 0.3) is 10.8 Å². The first-order valence-corrected chi connectivity index (χ1v) is 10.5. The first-order valence-electron chi connectivity index (χ1n) is 10.5. The van der Waals surface area contributed by atoms with Crippen molar-refractivity contribution in [1.29, 1.82) is 0 Å². The fourth-order valence-electron chi connectivity index (χ4n) is 4.25. The van der Waals surface area contributed by atoms with E-state index >= 15 is 8.78 Å². The molecule has 0 N–H and O–H groups in total. The monoisotopic (exact) mass is 439 g/mol. The van der Waals surface area contributed by atoms with E-state index in [-0.39, 0.29) is 25.1 Å². The zero-order chi connectivity index (χ0) is 23.0. The lowest BCUT2D eigenvalue weighted by molar-refractivity contribution is -0.142. The van der Waals surface area contributed by atoms with Crippen molar-refractivity contribution in [2.75, 3.05) is 18.1 Å². The Morgan fingerprint density at radius 2 is 1.72 bits per heavy atom. The molecule has 0 aromatic heterocycles. The van der Waals surface area contributed by atoms with Gasteiger partial charge in [0.15, 0.2) is 0 Å². The number of nitrogens with zero attached hydrogens (tertiary/aromatic N) is 1. The average Bonchev–Trinajstić information content (AvgIpc) is 3.08. The summed E-state index contributed by atoms with van der Waals surface area (Å²) in [5, 5.41) is 1.71. The Morgan fingerprint density at radius 1 is 1.06 bits per heavy atom. The Kier molecular flexibility index (Phi) is 5.82. The summed E-state index contributed by atoms with van der Waals surface area (Å²) in [5.41, 5.74) is 1.59. The van der Waals surface area contributed by atoms with Crippen LogP contribution in [-0.4, -0.2) is 25.1 Å². The minimum Gasteiger partial charge on any atom is -0.492 e. The molecule has 3 aromatic rings. The maximum absolute atomic E-state index is 15.0. The Hall–Kier alpha value is -3.48. The van der Waals surface area contributed by atoms with Gasteiger partial charge in [-0.3, -0.25) is 14.5 Å². The minimum absolute atomic E-state index is 0.0238. The predicted octanol–water partition coefficient (Wildman–Crippen LogP) is 5.09. The molecule has 0 saturated heterocycles. The zero-order valence-corrected chi connectivity index (χ0v) is 18.1. The highest BCUT2D eigenvalue weighted by Gasteiger charge is 2.37. The average molecular weight is 439 g/mol. The number of anilines is 1. The van der Waals surface area contributed by atoms with Crippen LogP contribution >= 0.6 is 0 Å². The molecule has 0 spiro atoms. The number of rotatable bonds is 6. The highest BCUT2D eigenvalue weighted by atomic mass is 19.1. The summed E-state index contributed by atoms with van der Waals surface area (Å²) in [4.78, 5) is 26.2. The highest BCUT2D eigenvalue weighted by molar-refractivity contribution is 6.16. The molecule has 4 rings (SSSR count). The van der Waals surface area contributed by atoms with Crippen LogP contribution in [0.2, 0.25) is 0 Å². The highest BCUT2D eigenvalue weighted by Crippen LogP contribution is 2.43. The van der Waals surface area contributed by atoms with Crippen molar-refractivity contribution < 1.29 is 27.8 Å². The van der Waals surface area contributed by atoms with Crippen molar-refractivity contribution in [3.63, 3.8) is 0 Å². The summed E-state index contributed by atoms with van der Waals surface area (Å²) in [6.45, 7) is 5.91. The third-order valence-electron chi connectivity index (χ3n) is 5.62. The van der Waals surface area contributed by atoms with E-state index in [1.807, 2.05) is 38.1 Å². The SMILES string of the molecule is CCOC(=O)Cc1cc(F)c(N2Cc3c(c(OCC)c4ccccc4c3C)C2=O)c(F)c1. The van der Waals surface area contributed by atoms with E-state index in [1.54, 1.807) is 6.92 Å². The summed E-state index contributed by atoms with van der Waals surface area (Å²) in [6.07, 6.45) is -0.255. The largest absolute Gasteiger partial charge is 0.492 e. The Balaban J connectivity index is 1.79. The van der Waals surface area contributed by atoms with Gasteiger partial charge in [-0.05, 0) is 55.0 Å². The first-order chi connectivity index (χ1) is 15.4. The molecule has 0 saturated carbocycles. The molecule has 3 aromatic carbocycles. The second-order valence-corrected chi connectivity index (χ2v) is 7.57. The van der Waals surface area contributed by atoms with Crippen LogP contribution < -0.4 is 9.64 Å². The number of benzene rings is 3. The molecule has 7 heteroatoms. The van der Waals surface area contributed by atoms with E-state index in [0.29, 0.717) is 23.5 Å². The van der Waals surface area contributed by atoms with Gasteiger partial charge >= 0.3 is 5.97 Å². The van der Waals surface area contributed by atoms with Gasteiger partial charge in [0.1, 0.15) is 23.1 Å². The first kappa shape index (κ1) is 21.7. The van der Waals surface area contributed by atoms with Crippen molar-refractivity contribution >= 4 is 28.3 Å². The zero-order valence-electron chi connectivity index (χ0n) is 18.1. The molecule has 0 radical (unpaired) electrons. The summed E-state index contributed by atoms with van der Waals surface area (Å²) < 4.78 is 40.7. The van der Waals surface area contributed by atoms with Crippen LogP contribution in [0.5, 0.6) is 5.75 Å². The van der Waals surface area contributed by atoms with Crippen LogP contribution in [0.15, 0.2) is 36.4 Å². The molecule has 166 valence electrons. The molecule has 1 aliphatic heterocycles.